The smallest absolute Gasteiger partial charge is 0.435 e. The van der Waals surface area contributed by atoms with E-state index in [0.29, 0.717) is 5.69 Å². The number of hydrogen-bond donors (Lipinski definition) is 2. The molecular weight excluding hydrogens is 222 g/mol. The molecule has 17 heavy (non-hydrogen) atoms. The molecule has 0 saturated heterocycles. The topological polar surface area (TPSA) is 94.5 Å². The zero-order valence-electron chi connectivity index (χ0n) is 10.4. The summed E-state index contributed by atoms with van der Waals surface area (Å²) in [6, 6.07) is 0. The van der Waals surface area contributed by atoms with Crippen molar-refractivity contribution in [2.24, 2.45) is 10.7 Å². The van der Waals surface area contributed by atoms with Crippen LogP contribution in [0.15, 0.2) is 17.4 Å². The second kappa shape index (κ2) is 4.86. The lowest BCUT2D eigenvalue weighted by Gasteiger charge is -2.18. The molecule has 1 rings (SSSR count). The van der Waals surface area contributed by atoms with E-state index in [1.54, 1.807) is 27.8 Å². The van der Waals surface area contributed by atoms with Gasteiger partial charge < -0.3 is 15.8 Å². The molecule has 0 spiro atoms. The number of anilines is 1. The van der Waals surface area contributed by atoms with Crippen molar-refractivity contribution in [2.45, 2.75) is 26.4 Å². The minimum absolute atomic E-state index is 0.244. The molecule has 0 aliphatic rings. The third-order valence-electron chi connectivity index (χ3n) is 1.68. The van der Waals surface area contributed by atoms with E-state index in [2.05, 4.69) is 15.4 Å². The van der Waals surface area contributed by atoms with E-state index in [0.717, 1.165) is 4.68 Å². The normalized spacial score (nSPS) is 12.4. The van der Waals surface area contributed by atoms with Gasteiger partial charge in [0.2, 0.25) is 0 Å². The van der Waals surface area contributed by atoms with Crippen LogP contribution in [0.1, 0.15) is 20.8 Å². The van der Waals surface area contributed by atoms with Crippen molar-refractivity contribution in [3.63, 3.8) is 0 Å². The highest BCUT2D eigenvalue weighted by atomic mass is 16.6. The van der Waals surface area contributed by atoms with Crippen LogP contribution in [-0.4, -0.2) is 34.5 Å². The molecule has 0 bridgehead atoms. The highest BCUT2D eigenvalue weighted by Gasteiger charge is 2.18. The lowest BCUT2D eigenvalue weighted by atomic mass is 10.2. The molecule has 0 amide bonds. The SMILES string of the molecule is CN=C(N)Nc1cnn(C(=O)OC(C)(C)C)c1. The van der Waals surface area contributed by atoms with Crippen molar-refractivity contribution < 1.29 is 9.53 Å². The Morgan fingerprint density at radius 1 is 1.59 bits per heavy atom. The van der Waals surface area contributed by atoms with E-state index in [1.165, 1.54) is 12.4 Å². The van der Waals surface area contributed by atoms with Crippen LogP contribution in [0.3, 0.4) is 0 Å². The van der Waals surface area contributed by atoms with E-state index in [-0.39, 0.29) is 5.96 Å². The van der Waals surface area contributed by atoms with Gasteiger partial charge in [-0.3, -0.25) is 4.99 Å². The Bertz CT molecular complexity index is 430. The summed E-state index contributed by atoms with van der Waals surface area (Å²) in [5.41, 5.74) is 5.49. The fraction of sp³-hybridized carbons (Fsp3) is 0.500. The van der Waals surface area contributed by atoms with Crippen molar-refractivity contribution in [3.8, 4) is 0 Å². The fourth-order valence-corrected chi connectivity index (χ4v) is 1.000. The lowest BCUT2D eigenvalue weighted by Crippen LogP contribution is -2.27. The zero-order chi connectivity index (χ0) is 13.1. The van der Waals surface area contributed by atoms with Crippen molar-refractivity contribution >= 4 is 17.7 Å². The summed E-state index contributed by atoms with van der Waals surface area (Å²) >= 11 is 0. The van der Waals surface area contributed by atoms with Gasteiger partial charge in [0.15, 0.2) is 5.96 Å². The first kappa shape index (κ1) is 13.0. The number of rotatable bonds is 1. The van der Waals surface area contributed by atoms with E-state index < -0.39 is 11.7 Å². The Labute approximate surface area is 99.7 Å². The first-order valence-corrected chi connectivity index (χ1v) is 5.09. The molecule has 1 heterocycles. The van der Waals surface area contributed by atoms with Gasteiger partial charge in [-0.05, 0) is 20.8 Å². The summed E-state index contributed by atoms with van der Waals surface area (Å²) in [4.78, 5) is 15.3. The van der Waals surface area contributed by atoms with Crippen molar-refractivity contribution in [1.29, 1.82) is 0 Å². The zero-order valence-corrected chi connectivity index (χ0v) is 10.4. The van der Waals surface area contributed by atoms with Crippen LogP contribution in [0, 0.1) is 0 Å². The monoisotopic (exact) mass is 239 g/mol. The van der Waals surface area contributed by atoms with Crippen LogP contribution < -0.4 is 11.1 Å². The van der Waals surface area contributed by atoms with Crippen molar-refractivity contribution in [2.75, 3.05) is 12.4 Å². The third kappa shape index (κ3) is 4.13. The standard InChI is InChI=1S/C10H17N5O2/c1-10(2,3)17-9(16)15-6-7(5-13-15)14-8(11)12-4/h5-6H,1-4H3,(H3,11,12,14). The molecule has 1 aromatic heterocycles. The van der Waals surface area contributed by atoms with Crippen molar-refractivity contribution in [3.05, 3.63) is 12.4 Å². The molecule has 1 aromatic rings. The second-order valence-corrected chi connectivity index (χ2v) is 4.39. The predicted octanol–water partition coefficient (Wildman–Crippen LogP) is 1.02. The minimum Gasteiger partial charge on any atom is -0.442 e. The second-order valence-electron chi connectivity index (χ2n) is 4.39. The maximum atomic E-state index is 11.6. The Hall–Kier alpha value is -2.05. The number of carbonyl (C=O) groups excluding carboxylic acids is 1. The van der Waals surface area contributed by atoms with Crippen LogP contribution in [-0.2, 0) is 4.74 Å². The summed E-state index contributed by atoms with van der Waals surface area (Å²) in [6.45, 7) is 5.36. The van der Waals surface area contributed by atoms with Crippen LogP contribution >= 0.6 is 0 Å². The van der Waals surface area contributed by atoms with Gasteiger partial charge in [0.05, 0.1) is 18.1 Å². The molecule has 0 aliphatic carbocycles. The Morgan fingerprint density at radius 2 is 2.24 bits per heavy atom. The molecule has 0 atom stereocenters. The van der Waals surface area contributed by atoms with Gasteiger partial charge in [0.1, 0.15) is 5.60 Å². The van der Waals surface area contributed by atoms with E-state index in [1.807, 2.05) is 0 Å². The molecule has 0 fully saturated rings. The predicted molar refractivity (Wildman–Crippen MR) is 65.0 cm³/mol. The van der Waals surface area contributed by atoms with Gasteiger partial charge in [-0.25, -0.2) is 4.79 Å². The Morgan fingerprint density at radius 3 is 2.76 bits per heavy atom. The first-order chi connectivity index (χ1) is 7.81. The van der Waals surface area contributed by atoms with E-state index >= 15 is 0 Å². The third-order valence-corrected chi connectivity index (χ3v) is 1.68. The Balaban J connectivity index is 2.71. The number of hydrogen-bond acceptors (Lipinski definition) is 4. The molecule has 0 aliphatic heterocycles. The molecule has 3 N–H and O–H groups in total. The summed E-state index contributed by atoms with van der Waals surface area (Å²) in [5.74, 6) is 0.244. The van der Waals surface area contributed by atoms with Gasteiger partial charge in [0.25, 0.3) is 0 Å². The van der Waals surface area contributed by atoms with Crippen LogP contribution in [0.5, 0.6) is 0 Å². The quantitative estimate of drug-likeness (QED) is 0.563. The average molecular weight is 239 g/mol. The lowest BCUT2D eigenvalue weighted by molar-refractivity contribution is 0.0514. The van der Waals surface area contributed by atoms with Gasteiger partial charge in [-0.15, -0.1) is 0 Å². The van der Waals surface area contributed by atoms with Gasteiger partial charge in [0, 0.05) is 7.05 Å². The van der Waals surface area contributed by atoms with Gasteiger partial charge in [-0.2, -0.15) is 9.78 Å². The van der Waals surface area contributed by atoms with Gasteiger partial charge >= 0.3 is 6.09 Å². The maximum absolute atomic E-state index is 11.6. The molecule has 7 heteroatoms. The number of guanidine groups is 1. The summed E-state index contributed by atoms with van der Waals surface area (Å²) in [7, 11) is 1.56. The number of nitrogens with zero attached hydrogens (tertiary/aromatic N) is 3. The van der Waals surface area contributed by atoms with Crippen LogP contribution in [0.4, 0.5) is 10.5 Å². The number of aromatic nitrogens is 2. The molecule has 94 valence electrons. The highest BCUT2D eigenvalue weighted by molar-refractivity contribution is 5.92. The van der Waals surface area contributed by atoms with E-state index in [4.69, 9.17) is 10.5 Å². The minimum atomic E-state index is -0.555. The molecule has 0 aromatic carbocycles. The molecule has 7 nitrogen and oxygen atoms in total. The molecule has 0 radical (unpaired) electrons. The summed E-state index contributed by atoms with van der Waals surface area (Å²) in [6.07, 6.45) is 2.39. The van der Waals surface area contributed by atoms with Crippen LogP contribution in [0.25, 0.3) is 0 Å². The number of aliphatic imine (C=N–C) groups is 1. The highest BCUT2D eigenvalue weighted by Crippen LogP contribution is 2.10. The summed E-state index contributed by atoms with van der Waals surface area (Å²) < 4.78 is 6.23. The molecule has 0 saturated carbocycles. The molecule has 0 unspecified atom stereocenters. The van der Waals surface area contributed by atoms with E-state index in [9.17, 15) is 4.79 Å². The number of nitrogens with one attached hydrogen (secondary N) is 1. The van der Waals surface area contributed by atoms with Crippen LogP contribution in [0.2, 0.25) is 0 Å². The fourth-order valence-electron chi connectivity index (χ4n) is 1.000. The number of ether oxygens (including phenoxy) is 1. The van der Waals surface area contributed by atoms with Gasteiger partial charge in [-0.1, -0.05) is 0 Å². The number of carbonyl (C=O) groups is 1. The summed E-state index contributed by atoms with van der Waals surface area (Å²) in [5, 5.41) is 6.62. The average Bonchev–Trinajstić information content (AvgIpc) is 2.63. The largest absolute Gasteiger partial charge is 0.442 e. The molecular formula is C10H17N5O2. The Kier molecular flexibility index (Phi) is 3.72. The number of nitrogens with two attached hydrogens (primary N) is 1. The maximum Gasteiger partial charge on any atom is 0.435 e. The first-order valence-electron chi connectivity index (χ1n) is 5.09. The van der Waals surface area contributed by atoms with Crippen molar-refractivity contribution in [1.82, 2.24) is 9.78 Å².